The van der Waals surface area contributed by atoms with Crippen LogP contribution in [0, 0.1) is 0 Å². The molecule has 1 aliphatic rings. The molecule has 0 saturated heterocycles. The molecule has 0 amide bonds. The molecule has 0 saturated carbocycles. The van der Waals surface area contributed by atoms with Crippen molar-refractivity contribution in [3.8, 4) is 62.4 Å². The van der Waals surface area contributed by atoms with Gasteiger partial charge in [-0.05, 0) is 77.6 Å². The zero-order chi connectivity index (χ0) is 33.4. The Kier molecular flexibility index (Phi) is 6.26. The summed E-state index contributed by atoms with van der Waals surface area (Å²) >= 11 is 0. The quantitative estimate of drug-likeness (QED) is 0.0970. The van der Waals surface area contributed by atoms with E-state index in [0.29, 0.717) is 11.0 Å². The van der Waals surface area contributed by atoms with Crippen molar-refractivity contribution in [2.24, 2.45) is 0 Å². The van der Waals surface area contributed by atoms with Crippen molar-refractivity contribution in [2.75, 3.05) is 0 Å². The number of fused-ring (bicyclic) bond motifs is 6. The molecular formula is C42H30N2O5. The zero-order valence-electron chi connectivity index (χ0n) is 26.2. The Morgan fingerprint density at radius 2 is 1.04 bits per heavy atom. The third kappa shape index (κ3) is 4.22. The number of allylic oxidation sites excluding steroid dienone is 1. The molecule has 1 aliphatic carbocycles. The highest BCUT2D eigenvalue weighted by Crippen LogP contribution is 2.54. The molecule has 5 N–H and O–H groups in total. The van der Waals surface area contributed by atoms with E-state index in [2.05, 4.69) is 89.5 Å². The SMILES string of the molecule is Oc1c(O)c(O)c(-n2c3ccccc3c3cc(-c4ccc5c(c4)c4c(n5-c5cccc(-c6ccccc6)c5)CCC=C4)ccc32)c(O)c1O. The van der Waals surface area contributed by atoms with Crippen LogP contribution in [0.15, 0.2) is 121 Å². The van der Waals surface area contributed by atoms with Crippen LogP contribution in [0.1, 0.15) is 17.7 Å². The molecule has 49 heavy (non-hydrogen) atoms. The van der Waals surface area contributed by atoms with Crippen molar-refractivity contribution in [1.29, 1.82) is 0 Å². The Morgan fingerprint density at radius 1 is 0.449 bits per heavy atom. The number of hydrogen-bond donors (Lipinski definition) is 5. The Hall–Kier alpha value is -6.60. The number of nitrogens with zero attached hydrogens (tertiary/aromatic N) is 2. The second kappa shape index (κ2) is 10.7. The van der Waals surface area contributed by atoms with Crippen LogP contribution in [-0.2, 0) is 6.42 Å². The summed E-state index contributed by atoms with van der Waals surface area (Å²) in [5.41, 5.74) is 10.2. The average molecular weight is 643 g/mol. The van der Waals surface area contributed by atoms with E-state index in [-0.39, 0.29) is 5.69 Å². The van der Waals surface area contributed by atoms with Gasteiger partial charge in [0.25, 0.3) is 0 Å². The van der Waals surface area contributed by atoms with Gasteiger partial charge in [0, 0.05) is 33.1 Å². The van der Waals surface area contributed by atoms with Crippen LogP contribution >= 0.6 is 0 Å². The van der Waals surface area contributed by atoms with E-state index in [0.717, 1.165) is 45.9 Å². The average Bonchev–Trinajstić information content (AvgIpc) is 3.66. The van der Waals surface area contributed by atoms with E-state index in [1.54, 1.807) is 4.57 Å². The van der Waals surface area contributed by atoms with Gasteiger partial charge in [-0.1, -0.05) is 84.9 Å². The lowest BCUT2D eigenvalue weighted by Crippen LogP contribution is -2.03. The van der Waals surface area contributed by atoms with Gasteiger partial charge in [-0.25, -0.2) is 0 Å². The fourth-order valence-corrected chi connectivity index (χ4v) is 7.43. The molecule has 0 aliphatic heterocycles. The highest BCUT2D eigenvalue weighted by Gasteiger charge is 2.27. The minimum atomic E-state index is -0.994. The summed E-state index contributed by atoms with van der Waals surface area (Å²) in [7, 11) is 0. The molecule has 0 radical (unpaired) electrons. The van der Waals surface area contributed by atoms with Gasteiger partial charge in [0.1, 0.15) is 5.69 Å². The lowest BCUT2D eigenvalue weighted by molar-refractivity contribution is 0.327. The molecule has 0 bridgehead atoms. The van der Waals surface area contributed by atoms with E-state index in [1.807, 2.05) is 42.5 Å². The van der Waals surface area contributed by atoms with Gasteiger partial charge >= 0.3 is 0 Å². The molecular weight excluding hydrogens is 612 g/mol. The first-order valence-corrected chi connectivity index (χ1v) is 16.1. The van der Waals surface area contributed by atoms with Gasteiger partial charge in [-0.3, -0.25) is 0 Å². The standard InChI is InChI=1S/C42H30N2O5/c45-38-37(39(46)41(48)42(49)40(38)47)44-34-16-7-5-14-30(34)32-23-27(18-20-36(32)44)26-17-19-35-31(22-26)29-13-4-6-15-33(29)43(35)28-12-8-11-25(21-28)24-9-2-1-3-10-24/h1-5,7-14,16-23,45-49H,6,15H2. The first kappa shape index (κ1) is 28.6. The molecule has 7 heteroatoms. The van der Waals surface area contributed by atoms with Crippen molar-refractivity contribution in [3.05, 3.63) is 133 Å². The summed E-state index contributed by atoms with van der Waals surface area (Å²) < 4.78 is 3.97. The summed E-state index contributed by atoms with van der Waals surface area (Å²) in [4.78, 5) is 0. The van der Waals surface area contributed by atoms with Crippen molar-refractivity contribution < 1.29 is 25.5 Å². The van der Waals surface area contributed by atoms with Crippen molar-refractivity contribution >= 4 is 38.8 Å². The molecule has 7 nitrogen and oxygen atoms in total. The minimum Gasteiger partial charge on any atom is -0.503 e. The van der Waals surface area contributed by atoms with E-state index in [9.17, 15) is 25.5 Å². The number of para-hydroxylation sites is 1. The van der Waals surface area contributed by atoms with Gasteiger partial charge in [0.05, 0.1) is 16.6 Å². The van der Waals surface area contributed by atoms with Gasteiger partial charge in [0.15, 0.2) is 11.5 Å². The number of hydrogen-bond acceptors (Lipinski definition) is 5. The monoisotopic (exact) mass is 642 g/mol. The molecule has 0 unspecified atom stereocenters. The topological polar surface area (TPSA) is 111 Å². The fraction of sp³-hybridized carbons (Fsp3) is 0.0476. The van der Waals surface area contributed by atoms with E-state index in [4.69, 9.17) is 0 Å². The van der Waals surface area contributed by atoms with Gasteiger partial charge in [-0.15, -0.1) is 0 Å². The molecule has 0 atom stereocenters. The number of phenolic OH excluding ortho intramolecular Hbond substituents is 5. The smallest absolute Gasteiger partial charge is 0.208 e. The minimum absolute atomic E-state index is 0.232. The van der Waals surface area contributed by atoms with E-state index >= 15 is 0 Å². The normalized spacial score (nSPS) is 12.7. The Bertz CT molecular complexity index is 2640. The van der Waals surface area contributed by atoms with E-state index < -0.39 is 28.7 Å². The number of aromatic hydroxyl groups is 5. The molecule has 9 rings (SSSR count). The van der Waals surface area contributed by atoms with Crippen molar-refractivity contribution in [3.63, 3.8) is 0 Å². The molecule has 238 valence electrons. The Labute approximate surface area is 280 Å². The predicted molar refractivity (Wildman–Crippen MR) is 194 cm³/mol. The Balaban J connectivity index is 1.22. The number of benzene rings is 6. The summed E-state index contributed by atoms with van der Waals surface area (Å²) in [5.74, 6) is -4.33. The van der Waals surface area contributed by atoms with Crippen molar-refractivity contribution in [2.45, 2.75) is 12.8 Å². The third-order valence-corrected chi connectivity index (χ3v) is 9.73. The van der Waals surface area contributed by atoms with Crippen LogP contribution < -0.4 is 0 Å². The number of aromatic nitrogens is 2. The predicted octanol–water partition coefficient (Wildman–Crippen LogP) is 9.55. The summed E-state index contributed by atoms with van der Waals surface area (Å²) in [5, 5.41) is 55.3. The second-order valence-corrected chi connectivity index (χ2v) is 12.5. The second-order valence-electron chi connectivity index (χ2n) is 12.5. The summed E-state index contributed by atoms with van der Waals surface area (Å²) in [6.45, 7) is 0. The maximum atomic E-state index is 10.9. The van der Waals surface area contributed by atoms with E-state index in [1.165, 1.54) is 27.8 Å². The highest BCUT2D eigenvalue weighted by atomic mass is 16.4. The summed E-state index contributed by atoms with van der Waals surface area (Å²) in [6, 6.07) is 39.2. The van der Waals surface area contributed by atoms with Crippen LogP contribution in [0.3, 0.4) is 0 Å². The number of rotatable bonds is 4. The first-order chi connectivity index (χ1) is 23.9. The van der Waals surface area contributed by atoms with Crippen LogP contribution in [0.2, 0.25) is 0 Å². The van der Waals surface area contributed by atoms with Crippen LogP contribution in [0.4, 0.5) is 0 Å². The maximum Gasteiger partial charge on any atom is 0.208 e. The first-order valence-electron chi connectivity index (χ1n) is 16.1. The van der Waals surface area contributed by atoms with Crippen LogP contribution in [-0.4, -0.2) is 34.7 Å². The lowest BCUT2D eigenvalue weighted by atomic mass is 9.98. The number of phenols is 5. The molecule has 8 aromatic rings. The third-order valence-electron chi connectivity index (χ3n) is 9.73. The molecule has 2 aromatic heterocycles. The van der Waals surface area contributed by atoms with Crippen molar-refractivity contribution in [1.82, 2.24) is 9.13 Å². The molecule has 6 aromatic carbocycles. The molecule has 0 fully saturated rings. The fourth-order valence-electron chi connectivity index (χ4n) is 7.43. The maximum absolute atomic E-state index is 10.9. The Morgan fingerprint density at radius 3 is 1.80 bits per heavy atom. The highest BCUT2D eigenvalue weighted by molar-refractivity contribution is 6.11. The van der Waals surface area contributed by atoms with Gasteiger partial charge < -0.3 is 34.7 Å². The van der Waals surface area contributed by atoms with Gasteiger partial charge in [0.2, 0.25) is 17.2 Å². The van der Waals surface area contributed by atoms with Crippen LogP contribution in [0.25, 0.3) is 72.4 Å². The lowest BCUT2D eigenvalue weighted by Gasteiger charge is -2.15. The van der Waals surface area contributed by atoms with Gasteiger partial charge in [-0.2, -0.15) is 0 Å². The molecule has 2 heterocycles. The largest absolute Gasteiger partial charge is 0.503 e. The summed E-state index contributed by atoms with van der Waals surface area (Å²) in [6.07, 6.45) is 6.40. The van der Waals surface area contributed by atoms with Crippen LogP contribution in [0.5, 0.6) is 28.7 Å². The zero-order valence-corrected chi connectivity index (χ0v) is 26.2. The molecule has 0 spiro atoms.